The topological polar surface area (TPSA) is 38.7 Å². The summed E-state index contributed by atoms with van der Waals surface area (Å²) in [5.74, 6) is 2.64. The molecule has 0 spiro atoms. The maximum absolute atomic E-state index is 14.0. The maximum Gasteiger partial charge on any atom is 0.146 e. The molecule has 1 aromatic carbocycles. The van der Waals surface area contributed by atoms with Crippen LogP contribution in [0.4, 0.5) is 21.7 Å². The van der Waals surface area contributed by atoms with E-state index < -0.39 is 0 Å². The first kappa shape index (κ1) is 18.0. The molecule has 27 heavy (non-hydrogen) atoms. The molecule has 6 nitrogen and oxygen atoms in total. The Bertz CT molecular complexity index is 782. The second-order valence-electron chi connectivity index (χ2n) is 7.35. The molecule has 144 valence electrons. The van der Waals surface area contributed by atoms with Gasteiger partial charge >= 0.3 is 0 Å². The van der Waals surface area contributed by atoms with Gasteiger partial charge in [0.1, 0.15) is 23.3 Å². The van der Waals surface area contributed by atoms with Gasteiger partial charge in [-0.25, -0.2) is 14.4 Å². The standard InChI is InChI=1S/C20H27FN6/c1-16-22-19(26-9-7-24(2)8-10-26)15-20(23-16)27-13-11-25(12-14-27)18-6-4-3-5-17(18)21/h3-6,15H,7-14H2,1-2H3. The first-order valence-electron chi connectivity index (χ1n) is 9.64. The Morgan fingerprint density at radius 2 is 1.30 bits per heavy atom. The van der Waals surface area contributed by atoms with Crippen molar-refractivity contribution in [3.63, 3.8) is 0 Å². The highest BCUT2D eigenvalue weighted by atomic mass is 19.1. The van der Waals surface area contributed by atoms with Gasteiger partial charge in [-0.15, -0.1) is 0 Å². The predicted octanol–water partition coefficient (Wildman–Crippen LogP) is 2.00. The molecule has 2 aromatic rings. The summed E-state index contributed by atoms with van der Waals surface area (Å²) in [7, 11) is 2.16. The number of aromatic nitrogens is 2. The van der Waals surface area contributed by atoms with Crippen molar-refractivity contribution in [1.29, 1.82) is 0 Å². The summed E-state index contributed by atoms with van der Waals surface area (Å²) in [6.07, 6.45) is 0. The number of hydrogen-bond donors (Lipinski definition) is 0. The summed E-state index contributed by atoms with van der Waals surface area (Å²) in [5.41, 5.74) is 0.689. The lowest BCUT2D eigenvalue weighted by molar-refractivity contribution is 0.312. The highest BCUT2D eigenvalue weighted by molar-refractivity contribution is 5.54. The Kier molecular flexibility index (Phi) is 5.11. The normalized spacial score (nSPS) is 18.9. The van der Waals surface area contributed by atoms with E-state index >= 15 is 0 Å². The molecule has 0 unspecified atom stereocenters. The van der Waals surface area contributed by atoms with Crippen LogP contribution >= 0.6 is 0 Å². The Balaban J connectivity index is 1.46. The number of benzene rings is 1. The van der Waals surface area contributed by atoms with E-state index in [1.54, 1.807) is 6.07 Å². The van der Waals surface area contributed by atoms with Crippen LogP contribution in [0.25, 0.3) is 0 Å². The zero-order valence-corrected chi connectivity index (χ0v) is 16.1. The molecule has 0 aliphatic carbocycles. The van der Waals surface area contributed by atoms with E-state index in [4.69, 9.17) is 0 Å². The minimum Gasteiger partial charge on any atom is -0.366 e. The van der Waals surface area contributed by atoms with E-state index in [2.05, 4.69) is 42.7 Å². The van der Waals surface area contributed by atoms with Crippen LogP contribution in [-0.2, 0) is 0 Å². The Morgan fingerprint density at radius 1 is 0.778 bits per heavy atom. The van der Waals surface area contributed by atoms with Gasteiger partial charge in [-0.3, -0.25) is 0 Å². The van der Waals surface area contributed by atoms with Gasteiger partial charge in [0.05, 0.1) is 5.69 Å². The van der Waals surface area contributed by atoms with Crippen molar-refractivity contribution in [3.05, 3.63) is 42.0 Å². The lowest BCUT2D eigenvalue weighted by Crippen LogP contribution is -2.47. The molecule has 0 amide bonds. The van der Waals surface area contributed by atoms with E-state index in [9.17, 15) is 4.39 Å². The van der Waals surface area contributed by atoms with Crippen molar-refractivity contribution < 1.29 is 4.39 Å². The molecule has 2 saturated heterocycles. The van der Waals surface area contributed by atoms with Gasteiger partial charge < -0.3 is 19.6 Å². The lowest BCUT2D eigenvalue weighted by Gasteiger charge is -2.37. The monoisotopic (exact) mass is 370 g/mol. The van der Waals surface area contributed by atoms with Crippen molar-refractivity contribution in [1.82, 2.24) is 14.9 Å². The molecule has 2 aliphatic rings. The van der Waals surface area contributed by atoms with Crippen LogP contribution in [0.5, 0.6) is 0 Å². The van der Waals surface area contributed by atoms with Gasteiger partial charge in [-0.1, -0.05) is 12.1 Å². The summed E-state index contributed by atoms with van der Waals surface area (Å²) < 4.78 is 14.0. The van der Waals surface area contributed by atoms with E-state index in [0.717, 1.165) is 69.8 Å². The number of likely N-dealkylation sites (N-methyl/N-ethyl adjacent to an activating group) is 1. The van der Waals surface area contributed by atoms with Crippen molar-refractivity contribution in [2.45, 2.75) is 6.92 Å². The number of aryl methyl sites for hydroxylation is 1. The molecule has 3 heterocycles. The Labute approximate surface area is 160 Å². The zero-order chi connectivity index (χ0) is 18.8. The molecular weight excluding hydrogens is 343 g/mol. The number of piperazine rings is 2. The summed E-state index contributed by atoms with van der Waals surface area (Å²) in [6, 6.07) is 9.11. The number of rotatable bonds is 3. The number of anilines is 3. The minimum absolute atomic E-state index is 0.152. The highest BCUT2D eigenvalue weighted by Crippen LogP contribution is 2.24. The average Bonchev–Trinajstić information content (AvgIpc) is 2.69. The molecule has 2 aliphatic heterocycles. The second-order valence-corrected chi connectivity index (χ2v) is 7.35. The minimum atomic E-state index is -0.152. The molecule has 0 bridgehead atoms. The van der Waals surface area contributed by atoms with Gasteiger partial charge in [-0.2, -0.15) is 0 Å². The SMILES string of the molecule is Cc1nc(N2CCN(C)CC2)cc(N2CCN(c3ccccc3F)CC2)n1. The summed E-state index contributed by atoms with van der Waals surface area (Å²) >= 11 is 0. The summed E-state index contributed by atoms with van der Waals surface area (Å²) in [5, 5.41) is 0. The highest BCUT2D eigenvalue weighted by Gasteiger charge is 2.22. The molecule has 1 aromatic heterocycles. The second kappa shape index (κ2) is 7.68. The van der Waals surface area contributed by atoms with E-state index in [1.807, 2.05) is 19.1 Å². The van der Waals surface area contributed by atoms with Crippen LogP contribution in [0.1, 0.15) is 5.82 Å². The number of para-hydroxylation sites is 1. The molecule has 0 radical (unpaired) electrons. The van der Waals surface area contributed by atoms with Crippen LogP contribution < -0.4 is 14.7 Å². The molecule has 2 fully saturated rings. The van der Waals surface area contributed by atoms with E-state index in [1.165, 1.54) is 6.07 Å². The van der Waals surface area contributed by atoms with Crippen molar-refractivity contribution in [2.75, 3.05) is 74.1 Å². The molecule has 0 atom stereocenters. The smallest absolute Gasteiger partial charge is 0.146 e. The molecule has 4 rings (SSSR count). The average molecular weight is 370 g/mol. The Morgan fingerprint density at radius 3 is 1.89 bits per heavy atom. The summed E-state index contributed by atoms with van der Waals surface area (Å²) in [6.45, 7) is 9.28. The predicted molar refractivity (Wildman–Crippen MR) is 107 cm³/mol. The fourth-order valence-corrected chi connectivity index (χ4v) is 3.78. The third-order valence-corrected chi connectivity index (χ3v) is 5.43. The van der Waals surface area contributed by atoms with Gasteiger partial charge in [0, 0.05) is 58.4 Å². The van der Waals surface area contributed by atoms with Crippen LogP contribution in [0.15, 0.2) is 30.3 Å². The maximum atomic E-state index is 14.0. The molecule has 0 N–H and O–H groups in total. The zero-order valence-electron chi connectivity index (χ0n) is 16.1. The van der Waals surface area contributed by atoms with Gasteiger partial charge in [0.25, 0.3) is 0 Å². The summed E-state index contributed by atoms with van der Waals surface area (Å²) in [4.78, 5) is 18.4. The van der Waals surface area contributed by atoms with E-state index in [0.29, 0.717) is 5.69 Å². The quantitative estimate of drug-likeness (QED) is 0.823. The first-order chi connectivity index (χ1) is 13.1. The fraction of sp³-hybridized carbons (Fsp3) is 0.500. The largest absolute Gasteiger partial charge is 0.366 e. The van der Waals surface area contributed by atoms with Gasteiger partial charge in [-0.05, 0) is 26.1 Å². The van der Waals surface area contributed by atoms with Crippen LogP contribution in [0.2, 0.25) is 0 Å². The van der Waals surface area contributed by atoms with Gasteiger partial charge in [0.15, 0.2) is 0 Å². The molecular formula is C20H27FN6. The number of hydrogen-bond acceptors (Lipinski definition) is 6. The van der Waals surface area contributed by atoms with Gasteiger partial charge in [0.2, 0.25) is 0 Å². The lowest BCUT2D eigenvalue weighted by atomic mass is 10.2. The molecule has 7 heteroatoms. The van der Waals surface area contributed by atoms with Crippen LogP contribution in [0, 0.1) is 12.7 Å². The van der Waals surface area contributed by atoms with Crippen molar-refractivity contribution in [2.24, 2.45) is 0 Å². The number of halogens is 1. The van der Waals surface area contributed by atoms with Crippen molar-refractivity contribution >= 4 is 17.3 Å². The fourth-order valence-electron chi connectivity index (χ4n) is 3.78. The number of nitrogens with zero attached hydrogens (tertiary/aromatic N) is 6. The first-order valence-corrected chi connectivity index (χ1v) is 9.64. The third-order valence-electron chi connectivity index (χ3n) is 5.43. The molecule has 0 saturated carbocycles. The van der Waals surface area contributed by atoms with E-state index in [-0.39, 0.29) is 5.82 Å². The third kappa shape index (κ3) is 3.98. The van der Waals surface area contributed by atoms with Crippen molar-refractivity contribution in [3.8, 4) is 0 Å². The van der Waals surface area contributed by atoms with Crippen LogP contribution in [-0.4, -0.2) is 74.3 Å². The van der Waals surface area contributed by atoms with Crippen LogP contribution in [0.3, 0.4) is 0 Å². The Hall–Kier alpha value is -2.41.